The molecule has 0 aliphatic rings. The van der Waals surface area contributed by atoms with E-state index in [1.54, 1.807) is 18.2 Å². The number of imidazole rings is 1. The van der Waals surface area contributed by atoms with Gasteiger partial charge in [0.15, 0.2) is 6.61 Å². The number of aryl methyl sites for hydroxylation is 1. The van der Waals surface area contributed by atoms with Gasteiger partial charge in [-0.05, 0) is 52.7 Å². The summed E-state index contributed by atoms with van der Waals surface area (Å²) in [7, 11) is 0. The SMILES string of the molecule is Cc1cc(Br)cn2cc(CNC(=O)COc3ccc(Cl)cc3Cl)nc12. The molecule has 25 heavy (non-hydrogen) atoms. The van der Waals surface area contributed by atoms with Crippen molar-refractivity contribution >= 4 is 50.7 Å². The lowest BCUT2D eigenvalue weighted by atomic mass is 10.3. The number of halogens is 3. The standard InChI is InChI=1S/C17H14BrCl2N3O2/c1-10-4-11(18)7-23-8-13(22-17(10)23)6-21-16(24)9-25-15-3-2-12(19)5-14(15)20/h2-5,7-8H,6,9H2,1H3,(H,21,24). The number of aromatic nitrogens is 2. The van der Waals surface area contributed by atoms with Gasteiger partial charge in [0.1, 0.15) is 11.4 Å². The van der Waals surface area contributed by atoms with E-state index < -0.39 is 0 Å². The van der Waals surface area contributed by atoms with Crippen LogP contribution in [0.3, 0.4) is 0 Å². The predicted molar refractivity (Wildman–Crippen MR) is 101 cm³/mol. The van der Waals surface area contributed by atoms with E-state index in [1.807, 2.05) is 29.8 Å². The lowest BCUT2D eigenvalue weighted by Crippen LogP contribution is -2.28. The van der Waals surface area contributed by atoms with Gasteiger partial charge in [0, 0.05) is 21.9 Å². The minimum atomic E-state index is -0.263. The number of nitrogens with zero attached hydrogens (tertiary/aromatic N) is 2. The molecule has 0 aliphatic heterocycles. The highest BCUT2D eigenvalue weighted by atomic mass is 79.9. The van der Waals surface area contributed by atoms with E-state index in [0.717, 1.165) is 21.4 Å². The second-order valence-electron chi connectivity index (χ2n) is 5.44. The van der Waals surface area contributed by atoms with Crippen molar-refractivity contribution in [3.8, 4) is 5.75 Å². The molecule has 0 bridgehead atoms. The Kier molecular flexibility index (Phi) is 5.51. The van der Waals surface area contributed by atoms with Gasteiger partial charge in [0.2, 0.25) is 0 Å². The molecular weight excluding hydrogens is 429 g/mol. The summed E-state index contributed by atoms with van der Waals surface area (Å²) < 4.78 is 8.29. The molecule has 0 unspecified atom stereocenters. The maximum Gasteiger partial charge on any atom is 0.258 e. The smallest absolute Gasteiger partial charge is 0.258 e. The largest absolute Gasteiger partial charge is 0.482 e. The highest BCUT2D eigenvalue weighted by Crippen LogP contribution is 2.27. The molecule has 1 amide bonds. The summed E-state index contributed by atoms with van der Waals surface area (Å²) in [6.07, 6.45) is 3.80. The second-order valence-corrected chi connectivity index (χ2v) is 7.20. The Morgan fingerprint density at radius 1 is 1.32 bits per heavy atom. The third-order valence-electron chi connectivity index (χ3n) is 3.47. The van der Waals surface area contributed by atoms with E-state index >= 15 is 0 Å². The fourth-order valence-electron chi connectivity index (χ4n) is 2.34. The first-order chi connectivity index (χ1) is 11.9. The van der Waals surface area contributed by atoms with Crippen LogP contribution in [-0.4, -0.2) is 21.9 Å². The van der Waals surface area contributed by atoms with Crippen LogP contribution < -0.4 is 10.1 Å². The summed E-state index contributed by atoms with van der Waals surface area (Å²) in [5, 5.41) is 3.65. The number of ether oxygens (including phenoxy) is 1. The minimum absolute atomic E-state index is 0.140. The first kappa shape index (κ1) is 18.0. The number of carbonyl (C=O) groups is 1. The van der Waals surface area contributed by atoms with Crippen molar-refractivity contribution in [2.45, 2.75) is 13.5 Å². The highest BCUT2D eigenvalue weighted by molar-refractivity contribution is 9.10. The van der Waals surface area contributed by atoms with Crippen molar-refractivity contribution in [2.24, 2.45) is 0 Å². The van der Waals surface area contributed by atoms with Gasteiger partial charge in [-0.2, -0.15) is 0 Å². The van der Waals surface area contributed by atoms with Crippen LogP contribution in [0.25, 0.3) is 5.65 Å². The molecule has 130 valence electrons. The van der Waals surface area contributed by atoms with E-state index in [1.165, 1.54) is 0 Å². The molecule has 0 aliphatic carbocycles. The second kappa shape index (κ2) is 7.64. The van der Waals surface area contributed by atoms with Crippen LogP contribution in [0, 0.1) is 6.92 Å². The maximum atomic E-state index is 12.0. The number of rotatable bonds is 5. The molecule has 3 rings (SSSR count). The average Bonchev–Trinajstić information content (AvgIpc) is 2.95. The third-order valence-corrected chi connectivity index (χ3v) is 4.44. The summed E-state index contributed by atoms with van der Waals surface area (Å²) in [5.41, 5.74) is 2.67. The summed E-state index contributed by atoms with van der Waals surface area (Å²) >= 11 is 15.3. The number of hydrogen-bond donors (Lipinski definition) is 1. The normalized spacial score (nSPS) is 10.9. The quantitative estimate of drug-likeness (QED) is 0.636. The predicted octanol–water partition coefficient (Wildman–Crippen LogP) is 4.41. The van der Waals surface area contributed by atoms with Gasteiger partial charge in [-0.25, -0.2) is 4.98 Å². The van der Waals surface area contributed by atoms with Crippen LogP contribution in [0.4, 0.5) is 0 Å². The average molecular weight is 443 g/mol. The number of carbonyl (C=O) groups excluding carboxylic acids is 1. The Hall–Kier alpha value is -1.76. The summed E-state index contributed by atoms with van der Waals surface area (Å²) in [5.74, 6) is 0.149. The van der Waals surface area contributed by atoms with Crippen molar-refractivity contribution in [3.05, 3.63) is 62.4 Å². The Bertz CT molecular complexity index is 943. The van der Waals surface area contributed by atoms with Crippen LogP contribution in [0.1, 0.15) is 11.3 Å². The molecule has 0 saturated carbocycles. The Balaban J connectivity index is 1.58. The van der Waals surface area contributed by atoms with Gasteiger partial charge >= 0.3 is 0 Å². The van der Waals surface area contributed by atoms with Gasteiger partial charge < -0.3 is 14.5 Å². The number of benzene rings is 1. The van der Waals surface area contributed by atoms with Crippen molar-refractivity contribution in [3.63, 3.8) is 0 Å². The van der Waals surface area contributed by atoms with Crippen molar-refractivity contribution in [2.75, 3.05) is 6.61 Å². The number of pyridine rings is 1. The molecule has 1 N–H and O–H groups in total. The summed E-state index contributed by atoms with van der Waals surface area (Å²) in [6, 6.07) is 6.83. The zero-order valence-corrected chi connectivity index (χ0v) is 16.3. The molecule has 8 heteroatoms. The van der Waals surface area contributed by atoms with Gasteiger partial charge in [-0.1, -0.05) is 23.2 Å². The van der Waals surface area contributed by atoms with E-state index in [0.29, 0.717) is 22.3 Å². The molecule has 5 nitrogen and oxygen atoms in total. The van der Waals surface area contributed by atoms with Crippen LogP contribution >= 0.6 is 39.1 Å². The van der Waals surface area contributed by atoms with Gasteiger partial charge in [0.25, 0.3) is 5.91 Å². The summed E-state index contributed by atoms with van der Waals surface area (Å²) in [4.78, 5) is 16.5. The first-order valence-electron chi connectivity index (χ1n) is 7.40. The number of amides is 1. The minimum Gasteiger partial charge on any atom is -0.482 e. The highest BCUT2D eigenvalue weighted by Gasteiger charge is 2.09. The topological polar surface area (TPSA) is 55.6 Å². The van der Waals surface area contributed by atoms with Crippen LogP contribution in [0.15, 0.2) is 41.1 Å². The fraction of sp³-hybridized carbons (Fsp3) is 0.176. The van der Waals surface area contributed by atoms with Crippen molar-refractivity contribution in [1.82, 2.24) is 14.7 Å². The molecular formula is C17H14BrCl2N3O2. The van der Waals surface area contributed by atoms with Gasteiger partial charge in [0.05, 0.1) is 17.3 Å². The lowest BCUT2D eigenvalue weighted by Gasteiger charge is -2.08. The lowest BCUT2D eigenvalue weighted by molar-refractivity contribution is -0.123. The van der Waals surface area contributed by atoms with Crippen LogP contribution in [-0.2, 0) is 11.3 Å². The molecule has 0 atom stereocenters. The first-order valence-corrected chi connectivity index (χ1v) is 8.95. The molecule has 2 aromatic heterocycles. The van der Waals surface area contributed by atoms with Crippen LogP contribution in [0.5, 0.6) is 5.75 Å². The Morgan fingerprint density at radius 2 is 2.12 bits per heavy atom. The Morgan fingerprint density at radius 3 is 2.88 bits per heavy atom. The maximum absolute atomic E-state index is 12.0. The molecule has 2 heterocycles. The molecule has 0 radical (unpaired) electrons. The van der Waals surface area contributed by atoms with E-state index in [2.05, 4.69) is 26.2 Å². The molecule has 0 fully saturated rings. The monoisotopic (exact) mass is 441 g/mol. The van der Waals surface area contributed by atoms with Crippen molar-refractivity contribution in [1.29, 1.82) is 0 Å². The van der Waals surface area contributed by atoms with Gasteiger partial charge in [-0.3, -0.25) is 4.79 Å². The van der Waals surface area contributed by atoms with E-state index in [9.17, 15) is 4.79 Å². The summed E-state index contributed by atoms with van der Waals surface area (Å²) in [6.45, 7) is 2.16. The number of hydrogen-bond acceptors (Lipinski definition) is 3. The van der Waals surface area contributed by atoms with Gasteiger partial charge in [-0.15, -0.1) is 0 Å². The van der Waals surface area contributed by atoms with Crippen molar-refractivity contribution < 1.29 is 9.53 Å². The van der Waals surface area contributed by atoms with E-state index in [4.69, 9.17) is 27.9 Å². The third kappa shape index (κ3) is 4.45. The molecule has 3 aromatic rings. The number of fused-ring (bicyclic) bond motifs is 1. The van der Waals surface area contributed by atoms with Crippen LogP contribution in [0.2, 0.25) is 10.0 Å². The zero-order chi connectivity index (χ0) is 18.0. The molecule has 1 aromatic carbocycles. The molecule has 0 spiro atoms. The Labute approximate surface area is 163 Å². The number of nitrogens with one attached hydrogen (secondary N) is 1. The fourth-order valence-corrected chi connectivity index (χ4v) is 3.36. The molecule has 0 saturated heterocycles. The van der Waals surface area contributed by atoms with E-state index in [-0.39, 0.29) is 12.5 Å². The zero-order valence-electron chi connectivity index (χ0n) is 13.2.